The largest absolute Gasteiger partial charge is 0.376 e. The van der Waals surface area contributed by atoms with Crippen molar-refractivity contribution in [1.29, 1.82) is 0 Å². The molecule has 3 aromatic rings. The normalized spacial score (nSPS) is 17.1. The Morgan fingerprint density at radius 2 is 2.27 bits per heavy atom. The Balaban J connectivity index is 1.74. The first-order chi connectivity index (χ1) is 12.5. The number of hydrogen-bond donors (Lipinski definition) is 0. The number of anilines is 1. The number of carbonyl (C=O) groups is 1. The average molecular weight is 392 g/mol. The smallest absolute Gasteiger partial charge is 0.298 e. The fourth-order valence-electron chi connectivity index (χ4n) is 3.04. The maximum Gasteiger partial charge on any atom is 0.298 e. The number of hydrogen-bond acceptors (Lipinski definition) is 6. The minimum absolute atomic E-state index is 0.000310. The predicted octanol–water partition coefficient (Wildman–Crippen LogP) is 4.38. The van der Waals surface area contributed by atoms with Gasteiger partial charge in [0.2, 0.25) is 5.76 Å². The molecule has 1 aromatic carbocycles. The van der Waals surface area contributed by atoms with Crippen LogP contribution in [-0.2, 0) is 4.74 Å². The number of carbonyl (C=O) groups excluding carboxylic acids is 1. The molecule has 136 valence electrons. The number of thiazole rings is 1. The fraction of sp³-hybridized carbons (Fsp3) is 0.389. The average Bonchev–Trinajstić information content (AvgIpc) is 3.36. The van der Waals surface area contributed by atoms with E-state index in [0.717, 1.165) is 35.2 Å². The third kappa shape index (κ3) is 3.22. The molecule has 1 amide bonds. The van der Waals surface area contributed by atoms with Gasteiger partial charge in [-0.05, 0) is 44.4 Å². The Bertz CT molecular complexity index is 962. The van der Waals surface area contributed by atoms with Gasteiger partial charge in [-0.3, -0.25) is 9.69 Å². The molecule has 0 radical (unpaired) electrons. The lowest BCUT2D eigenvalue weighted by atomic mass is 10.2. The lowest BCUT2D eigenvalue weighted by Crippen LogP contribution is -2.37. The first-order valence-corrected chi connectivity index (χ1v) is 9.65. The summed E-state index contributed by atoms with van der Waals surface area (Å²) >= 11 is 7.68. The van der Waals surface area contributed by atoms with Gasteiger partial charge in [0.15, 0.2) is 5.13 Å². The van der Waals surface area contributed by atoms with Crippen molar-refractivity contribution in [3.63, 3.8) is 0 Å². The van der Waals surface area contributed by atoms with Crippen LogP contribution in [0.2, 0.25) is 5.02 Å². The van der Waals surface area contributed by atoms with Crippen LogP contribution in [-0.4, -0.2) is 35.3 Å². The van der Waals surface area contributed by atoms with Crippen molar-refractivity contribution in [1.82, 2.24) is 10.1 Å². The highest BCUT2D eigenvalue weighted by atomic mass is 35.5. The lowest BCUT2D eigenvalue weighted by Gasteiger charge is -2.21. The number of amides is 1. The molecule has 0 saturated carbocycles. The van der Waals surface area contributed by atoms with E-state index < -0.39 is 0 Å². The second kappa shape index (κ2) is 6.98. The van der Waals surface area contributed by atoms with Gasteiger partial charge < -0.3 is 9.26 Å². The molecule has 0 spiro atoms. The second-order valence-electron chi connectivity index (χ2n) is 6.40. The van der Waals surface area contributed by atoms with Gasteiger partial charge in [-0.2, -0.15) is 0 Å². The van der Waals surface area contributed by atoms with Crippen molar-refractivity contribution in [3.05, 3.63) is 40.2 Å². The topological polar surface area (TPSA) is 68.5 Å². The number of aryl methyl sites for hydroxylation is 2. The monoisotopic (exact) mass is 391 g/mol. The summed E-state index contributed by atoms with van der Waals surface area (Å²) in [6.07, 6.45) is 1.93. The number of fused-ring (bicyclic) bond motifs is 1. The molecule has 1 saturated heterocycles. The standard InChI is InChI=1S/C18H18ClN3O3S/c1-10-8-14(25-21-10)17(23)22(9-12-4-3-7-24-12)18-20-16-11(2)13(19)5-6-15(16)26-18/h5-6,8,12H,3-4,7,9H2,1-2H3. The Labute approximate surface area is 159 Å². The molecule has 1 unspecified atom stereocenters. The molecular weight excluding hydrogens is 374 g/mol. The van der Waals surface area contributed by atoms with Crippen molar-refractivity contribution < 1.29 is 14.1 Å². The molecule has 6 nitrogen and oxygen atoms in total. The molecule has 0 N–H and O–H groups in total. The minimum atomic E-state index is -0.260. The highest BCUT2D eigenvalue weighted by Gasteiger charge is 2.29. The van der Waals surface area contributed by atoms with Crippen LogP contribution in [0, 0.1) is 13.8 Å². The highest BCUT2D eigenvalue weighted by Crippen LogP contribution is 2.34. The van der Waals surface area contributed by atoms with Crippen molar-refractivity contribution in [2.75, 3.05) is 18.1 Å². The molecule has 1 atom stereocenters. The molecule has 0 aliphatic carbocycles. The van der Waals surface area contributed by atoms with Crippen LogP contribution in [0.3, 0.4) is 0 Å². The van der Waals surface area contributed by atoms with E-state index in [4.69, 9.17) is 25.8 Å². The Hall–Kier alpha value is -1.96. The van der Waals surface area contributed by atoms with Gasteiger partial charge in [0.25, 0.3) is 5.91 Å². The number of benzene rings is 1. The molecule has 1 fully saturated rings. The SMILES string of the molecule is Cc1cc(C(=O)N(CC2CCCO2)c2nc3c(C)c(Cl)ccc3s2)on1. The third-order valence-electron chi connectivity index (χ3n) is 4.46. The number of halogens is 1. The van der Waals surface area contributed by atoms with Crippen molar-refractivity contribution in [2.24, 2.45) is 0 Å². The van der Waals surface area contributed by atoms with Gasteiger partial charge in [-0.25, -0.2) is 4.98 Å². The van der Waals surface area contributed by atoms with Gasteiger partial charge in [0.05, 0.1) is 28.6 Å². The van der Waals surface area contributed by atoms with Crippen LogP contribution in [0.5, 0.6) is 0 Å². The fourth-order valence-corrected chi connectivity index (χ4v) is 4.23. The van der Waals surface area contributed by atoms with Crippen LogP contribution in [0.25, 0.3) is 10.2 Å². The van der Waals surface area contributed by atoms with Crippen molar-refractivity contribution in [3.8, 4) is 0 Å². The Kier molecular flexibility index (Phi) is 4.69. The van der Waals surface area contributed by atoms with Gasteiger partial charge in [-0.15, -0.1) is 0 Å². The zero-order valence-corrected chi connectivity index (χ0v) is 16.1. The van der Waals surface area contributed by atoms with E-state index >= 15 is 0 Å². The van der Waals surface area contributed by atoms with E-state index in [0.29, 0.717) is 22.4 Å². The second-order valence-corrected chi connectivity index (χ2v) is 7.82. The molecule has 0 bridgehead atoms. The van der Waals surface area contributed by atoms with E-state index in [1.54, 1.807) is 17.9 Å². The maximum absolute atomic E-state index is 13.1. The van der Waals surface area contributed by atoms with E-state index in [-0.39, 0.29) is 17.8 Å². The van der Waals surface area contributed by atoms with Gasteiger partial charge in [-0.1, -0.05) is 28.1 Å². The number of nitrogens with zero attached hydrogens (tertiary/aromatic N) is 3. The Morgan fingerprint density at radius 3 is 2.96 bits per heavy atom. The summed E-state index contributed by atoms with van der Waals surface area (Å²) < 4.78 is 11.9. The van der Waals surface area contributed by atoms with E-state index in [1.165, 1.54) is 11.3 Å². The molecule has 8 heteroatoms. The van der Waals surface area contributed by atoms with Crippen LogP contribution >= 0.6 is 22.9 Å². The van der Waals surface area contributed by atoms with E-state index in [1.807, 2.05) is 19.1 Å². The minimum Gasteiger partial charge on any atom is -0.376 e. The predicted molar refractivity (Wildman–Crippen MR) is 101 cm³/mol. The Morgan fingerprint density at radius 1 is 1.42 bits per heavy atom. The zero-order valence-electron chi connectivity index (χ0n) is 14.5. The molecule has 3 heterocycles. The number of ether oxygens (including phenoxy) is 1. The van der Waals surface area contributed by atoms with Gasteiger partial charge in [0.1, 0.15) is 0 Å². The van der Waals surface area contributed by atoms with Crippen LogP contribution in [0.4, 0.5) is 5.13 Å². The van der Waals surface area contributed by atoms with Crippen molar-refractivity contribution >= 4 is 44.2 Å². The van der Waals surface area contributed by atoms with E-state index in [2.05, 4.69) is 5.16 Å². The third-order valence-corrected chi connectivity index (χ3v) is 5.91. The quantitative estimate of drug-likeness (QED) is 0.660. The molecule has 26 heavy (non-hydrogen) atoms. The summed E-state index contributed by atoms with van der Waals surface area (Å²) in [7, 11) is 0. The molecule has 4 rings (SSSR count). The van der Waals surface area contributed by atoms with Crippen LogP contribution < -0.4 is 4.90 Å². The summed E-state index contributed by atoms with van der Waals surface area (Å²) in [6.45, 7) is 4.88. The van der Waals surface area contributed by atoms with Crippen LogP contribution in [0.1, 0.15) is 34.7 Å². The first kappa shape index (κ1) is 17.5. The van der Waals surface area contributed by atoms with Gasteiger partial charge in [0, 0.05) is 17.7 Å². The molecule has 2 aromatic heterocycles. The number of rotatable bonds is 4. The highest BCUT2D eigenvalue weighted by molar-refractivity contribution is 7.22. The zero-order chi connectivity index (χ0) is 18.3. The van der Waals surface area contributed by atoms with E-state index in [9.17, 15) is 4.79 Å². The lowest BCUT2D eigenvalue weighted by molar-refractivity contribution is 0.0887. The summed E-state index contributed by atoms with van der Waals surface area (Å²) in [5, 5.41) is 5.10. The summed E-state index contributed by atoms with van der Waals surface area (Å²) in [5.74, 6) is -0.0570. The molecule has 1 aliphatic rings. The molecular formula is C18H18ClN3O3S. The summed E-state index contributed by atoms with van der Waals surface area (Å²) in [5.41, 5.74) is 2.39. The molecule has 1 aliphatic heterocycles. The number of aromatic nitrogens is 2. The first-order valence-electron chi connectivity index (χ1n) is 8.45. The van der Waals surface area contributed by atoms with Crippen LogP contribution in [0.15, 0.2) is 22.7 Å². The van der Waals surface area contributed by atoms with Gasteiger partial charge >= 0.3 is 0 Å². The summed E-state index contributed by atoms with van der Waals surface area (Å²) in [4.78, 5) is 19.4. The maximum atomic E-state index is 13.1. The van der Waals surface area contributed by atoms with Crippen molar-refractivity contribution in [2.45, 2.75) is 32.8 Å². The summed E-state index contributed by atoms with van der Waals surface area (Å²) in [6, 6.07) is 5.42.